The van der Waals surface area contributed by atoms with E-state index in [9.17, 15) is 9.59 Å². The number of thioether (sulfide) groups is 1. The number of unbranched alkanes of at least 4 members (excludes halogenated alkanes) is 1. The van der Waals surface area contributed by atoms with Gasteiger partial charge in [0.1, 0.15) is 0 Å². The predicted octanol–water partition coefficient (Wildman–Crippen LogP) is 5.06. The van der Waals surface area contributed by atoms with Crippen molar-refractivity contribution in [3.05, 3.63) is 27.9 Å². The van der Waals surface area contributed by atoms with Crippen molar-refractivity contribution in [2.75, 3.05) is 6.54 Å². The fourth-order valence-corrected chi connectivity index (χ4v) is 4.68. The number of aryl methyl sites for hydroxylation is 1. The average molecular weight is 346 g/mol. The number of nitrogens with zero attached hydrogens (tertiary/aromatic N) is 2. The van der Waals surface area contributed by atoms with Gasteiger partial charge in [-0.15, -0.1) is 0 Å². The van der Waals surface area contributed by atoms with Gasteiger partial charge >= 0.3 is 0 Å². The van der Waals surface area contributed by atoms with E-state index in [0.29, 0.717) is 17.5 Å². The Bertz CT molecular complexity index is 684. The Morgan fingerprint density at radius 1 is 1.25 bits per heavy atom. The molecule has 0 spiro atoms. The summed E-state index contributed by atoms with van der Waals surface area (Å²) >= 11 is 1.07. The lowest BCUT2D eigenvalue weighted by molar-refractivity contribution is -0.122. The Kier molecular flexibility index (Phi) is 5.18. The molecule has 2 aliphatic rings. The molecular weight excluding hydrogens is 320 g/mol. The van der Waals surface area contributed by atoms with Crippen molar-refractivity contribution >= 4 is 29.0 Å². The molecule has 1 saturated carbocycles. The lowest BCUT2D eigenvalue weighted by Gasteiger charge is -2.17. The molecule has 2 fully saturated rings. The third kappa shape index (κ3) is 3.18. The summed E-state index contributed by atoms with van der Waals surface area (Å²) in [6.45, 7) is 6.85. The zero-order chi connectivity index (χ0) is 17.3. The maximum atomic E-state index is 12.5. The van der Waals surface area contributed by atoms with E-state index in [-0.39, 0.29) is 11.1 Å². The second-order valence-electron chi connectivity index (χ2n) is 6.82. The molecule has 0 N–H and O–H groups in total. The molecule has 0 bridgehead atoms. The smallest absolute Gasteiger partial charge is 0.293 e. The highest BCUT2D eigenvalue weighted by Gasteiger charge is 2.34. The van der Waals surface area contributed by atoms with Crippen LogP contribution in [0.2, 0.25) is 0 Å². The molecule has 1 aliphatic carbocycles. The van der Waals surface area contributed by atoms with Crippen molar-refractivity contribution in [1.29, 1.82) is 0 Å². The van der Waals surface area contributed by atoms with Gasteiger partial charge in [-0.2, -0.15) is 0 Å². The molecule has 1 aromatic heterocycles. The molecule has 0 atom stereocenters. The fourth-order valence-electron chi connectivity index (χ4n) is 3.82. The first-order chi connectivity index (χ1) is 11.5. The summed E-state index contributed by atoms with van der Waals surface area (Å²) in [5.41, 5.74) is 3.52. The molecule has 2 heterocycles. The summed E-state index contributed by atoms with van der Waals surface area (Å²) in [7, 11) is 0. The first-order valence-electron chi connectivity index (χ1n) is 8.96. The van der Waals surface area contributed by atoms with E-state index in [0.717, 1.165) is 30.2 Å². The number of rotatable bonds is 5. The fraction of sp³-hybridized carbons (Fsp3) is 0.579. The maximum Gasteiger partial charge on any atom is 0.293 e. The number of imide groups is 1. The quantitative estimate of drug-likeness (QED) is 0.700. The first kappa shape index (κ1) is 17.3. The highest BCUT2D eigenvalue weighted by atomic mass is 32.2. The van der Waals surface area contributed by atoms with Crippen molar-refractivity contribution in [2.24, 2.45) is 0 Å². The average Bonchev–Trinajstić information content (AvgIpc) is 3.21. The Balaban J connectivity index is 1.85. The van der Waals surface area contributed by atoms with Gasteiger partial charge in [0.25, 0.3) is 11.1 Å². The van der Waals surface area contributed by atoms with Crippen molar-refractivity contribution in [1.82, 2.24) is 9.47 Å². The molecule has 0 unspecified atom stereocenters. The van der Waals surface area contributed by atoms with Crippen molar-refractivity contribution in [3.8, 4) is 0 Å². The molecule has 3 rings (SSSR count). The van der Waals surface area contributed by atoms with Crippen molar-refractivity contribution in [2.45, 2.75) is 65.3 Å². The summed E-state index contributed by atoms with van der Waals surface area (Å²) in [6.07, 6.45) is 8.82. The van der Waals surface area contributed by atoms with Gasteiger partial charge in [0.2, 0.25) is 0 Å². The lowest BCUT2D eigenvalue weighted by atomic mass is 10.2. The van der Waals surface area contributed by atoms with Crippen LogP contribution in [0.3, 0.4) is 0 Å². The highest BCUT2D eigenvalue weighted by molar-refractivity contribution is 8.18. The van der Waals surface area contributed by atoms with Gasteiger partial charge in [0.15, 0.2) is 0 Å². The van der Waals surface area contributed by atoms with Gasteiger partial charge < -0.3 is 4.57 Å². The Labute approximate surface area is 148 Å². The molecule has 24 heavy (non-hydrogen) atoms. The monoisotopic (exact) mass is 346 g/mol. The molecule has 1 aromatic rings. The highest BCUT2D eigenvalue weighted by Crippen LogP contribution is 2.36. The lowest BCUT2D eigenvalue weighted by Crippen LogP contribution is -2.29. The molecule has 130 valence electrons. The van der Waals surface area contributed by atoms with Crippen LogP contribution in [0.1, 0.15) is 68.4 Å². The zero-order valence-corrected chi connectivity index (χ0v) is 15.6. The molecule has 4 nitrogen and oxygen atoms in total. The summed E-state index contributed by atoms with van der Waals surface area (Å²) in [4.78, 5) is 26.5. The Morgan fingerprint density at radius 2 is 1.96 bits per heavy atom. The number of aromatic nitrogens is 1. The molecule has 1 aliphatic heterocycles. The Morgan fingerprint density at radius 3 is 2.62 bits per heavy atom. The molecular formula is C19H26N2O2S. The minimum Gasteiger partial charge on any atom is -0.346 e. The van der Waals surface area contributed by atoms with E-state index in [4.69, 9.17) is 0 Å². The standard InChI is InChI=1S/C19H26N2O2S/c1-4-5-10-20-18(22)17(24-19(20)23)12-15-11-13(2)21(14(15)3)16-8-6-7-9-16/h11-12,16H,4-10H2,1-3H3/b17-12-. The van der Waals surface area contributed by atoms with Crippen molar-refractivity contribution < 1.29 is 9.59 Å². The van der Waals surface area contributed by atoms with Crippen LogP contribution in [-0.2, 0) is 4.79 Å². The van der Waals surface area contributed by atoms with Crippen LogP contribution in [0.5, 0.6) is 0 Å². The molecule has 2 amide bonds. The van der Waals surface area contributed by atoms with E-state index in [1.165, 1.54) is 42.0 Å². The third-order valence-electron chi connectivity index (χ3n) is 5.11. The van der Waals surface area contributed by atoms with E-state index in [1.807, 2.05) is 6.08 Å². The van der Waals surface area contributed by atoms with Gasteiger partial charge in [-0.1, -0.05) is 26.2 Å². The number of carbonyl (C=O) groups is 2. The van der Waals surface area contributed by atoms with Gasteiger partial charge in [-0.3, -0.25) is 14.5 Å². The number of carbonyl (C=O) groups excluding carboxylic acids is 2. The summed E-state index contributed by atoms with van der Waals surface area (Å²) < 4.78 is 2.42. The minimum atomic E-state index is -0.135. The van der Waals surface area contributed by atoms with Crippen LogP contribution in [0.25, 0.3) is 6.08 Å². The van der Waals surface area contributed by atoms with Crippen LogP contribution in [0.15, 0.2) is 11.0 Å². The van der Waals surface area contributed by atoms with Gasteiger partial charge in [-0.05, 0) is 62.6 Å². The summed E-state index contributed by atoms with van der Waals surface area (Å²) in [5, 5.41) is -0.135. The molecule has 0 aromatic carbocycles. The van der Waals surface area contributed by atoms with E-state index < -0.39 is 0 Å². The third-order valence-corrected chi connectivity index (χ3v) is 6.02. The second-order valence-corrected chi connectivity index (χ2v) is 7.81. The van der Waals surface area contributed by atoms with Gasteiger partial charge in [0, 0.05) is 24.0 Å². The molecule has 0 radical (unpaired) electrons. The topological polar surface area (TPSA) is 42.3 Å². The van der Waals surface area contributed by atoms with Crippen LogP contribution in [0, 0.1) is 13.8 Å². The first-order valence-corrected chi connectivity index (χ1v) is 9.78. The van der Waals surface area contributed by atoms with Crippen LogP contribution in [-0.4, -0.2) is 27.2 Å². The minimum absolute atomic E-state index is 0.135. The van der Waals surface area contributed by atoms with E-state index in [1.54, 1.807) is 0 Å². The van der Waals surface area contributed by atoms with Crippen LogP contribution in [0.4, 0.5) is 4.79 Å². The van der Waals surface area contributed by atoms with Gasteiger partial charge in [0.05, 0.1) is 4.91 Å². The summed E-state index contributed by atoms with van der Waals surface area (Å²) in [5.74, 6) is -0.135. The zero-order valence-electron chi connectivity index (χ0n) is 14.8. The molecule has 5 heteroatoms. The SMILES string of the molecule is CCCCN1C(=O)S/C(=C\c2cc(C)n(C3CCCC3)c2C)C1=O. The summed E-state index contributed by atoms with van der Waals surface area (Å²) in [6, 6.07) is 2.74. The van der Waals surface area contributed by atoms with Gasteiger partial charge in [-0.25, -0.2) is 0 Å². The predicted molar refractivity (Wildman–Crippen MR) is 99.0 cm³/mol. The normalized spacial score (nSPS) is 20.8. The Hall–Kier alpha value is -1.49. The maximum absolute atomic E-state index is 12.5. The largest absolute Gasteiger partial charge is 0.346 e. The van der Waals surface area contributed by atoms with Crippen LogP contribution >= 0.6 is 11.8 Å². The molecule has 1 saturated heterocycles. The van der Waals surface area contributed by atoms with E-state index in [2.05, 4.69) is 31.4 Å². The number of hydrogen-bond acceptors (Lipinski definition) is 3. The second kappa shape index (κ2) is 7.18. The van der Waals surface area contributed by atoms with Crippen LogP contribution < -0.4 is 0 Å². The van der Waals surface area contributed by atoms with Crippen molar-refractivity contribution in [3.63, 3.8) is 0 Å². The number of amides is 2. The number of hydrogen-bond donors (Lipinski definition) is 0. The van der Waals surface area contributed by atoms with E-state index >= 15 is 0 Å².